The molecule has 0 saturated carbocycles. The fourth-order valence-corrected chi connectivity index (χ4v) is 2.57. The van der Waals surface area contributed by atoms with Crippen molar-refractivity contribution in [1.29, 1.82) is 0 Å². The summed E-state index contributed by atoms with van der Waals surface area (Å²) in [6.45, 7) is 0.513. The number of amides is 1. The number of rotatable bonds is 7. The number of methoxy groups -OCH3 is 2. The number of nitrogens with one attached hydrogen (secondary N) is 1. The number of carbonyl (C=O) groups excluding carboxylic acids is 1. The van der Waals surface area contributed by atoms with E-state index < -0.39 is 0 Å². The molecule has 6 nitrogen and oxygen atoms in total. The topological polar surface area (TPSA) is 65.4 Å². The normalized spacial score (nSPS) is 10.4. The van der Waals surface area contributed by atoms with Crippen LogP contribution in [0.25, 0.3) is 5.69 Å². The first-order chi connectivity index (χ1) is 12.7. The average Bonchev–Trinajstić information content (AvgIpc) is 3.17. The molecule has 1 amide bonds. The van der Waals surface area contributed by atoms with Crippen molar-refractivity contribution < 1.29 is 14.3 Å². The Hall–Kier alpha value is -3.28. The maximum Gasteiger partial charge on any atom is 0.251 e. The van der Waals surface area contributed by atoms with Crippen molar-refractivity contribution in [2.75, 3.05) is 20.8 Å². The molecule has 0 aliphatic rings. The number of para-hydroxylation sites is 1. The Morgan fingerprint density at radius 2 is 1.77 bits per heavy atom. The van der Waals surface area contributed by atoms with Crippen molar-refractivity contribution in [2.45, 2.75) is 6.42 Å². The summed E-state index contributed by atoms with van der Waals surface area (Å²) < 4.78 is 12.2. The summed E-state index contributed by atoms with van der Waals surface area (Å²) in [7, 11) is 3.11. The summed E-state index contributed by atoms with van der Waals surface area (Å²) >= 11 is 0. The third-order valence-corrected chi connectivity index (χ3v) is 3.97. The van der Waals surface area contributed by atoms with E-state index in [2.05, 4.69) is 10.4 Å². The number of carbonyl (C=O) groups is 1. The highest BCUT2D eigenvalue weighted by atomic mass is 16.5. The molecule has 3 aromatic rings. The van der Waals surface area contributed by atoms with Crippen LogP contribution in [0.3, 0.4) is 0 Å². The van der Waals surface area contributed by atoms with Gasteiger partial charge in [0.05, 0.1) is 26.1 Å². The summed E-state index contributed by atoms with van der Waals surface area (Å²) in [6, 6.07) is 15.0. The van der Waals surface area contributed by atoms with Crippen LogP contribution in [-0.4, -0.2) is 36.5 Å². The number of aromatic nitrogens is 2. The molecule has 1 aromatic heterocycles. The van der Waals surface area contributed by atoms with E-state index in [0.717, 1.165) is 11.3 Å². The largest absolute Gasteiger partial charge is 0.497 e. The van der Waals surface area contributed by atoms with E-state index in [1.54, 1.807) is 32.4 Å². The Morgan fingerprint density at radius 3 is 2.42 bits per heavy atom. The fourth-order valence-electron chi connectivity index (χ4n) is 2.57. The summed E-state index contributed by atoms with van der Waals surface area (Å²) in [4.78, 5) is 12.4. The Bertz CT molecular complexity index is 853. The minimum atomic E-state index is -0.169. The predicted molar refractivity (Wildman–Crippen MR) is 99.1 cm³/mol. The lowest BCUT2D eigenvalue weighted by Gasteiger charge is -2.09. The molecule has 0 fully saturated rings. The highest BCUT2D eigenvalue weighted by molar-refractivity contribution is 5.95. The van der Waals surface area contributed by atoms with Gasteiger partial charge in [-0.1, -0.05) is 18.2 Å². The summed E-state index contributed by atoms with van der Waals surface area (Å²) in [5, 5.41) is 7.27. The van der Waals surface area contributed by atoms with E-state index in [-0.39, 0.29) is 5.91 Å². The molecule has 6 heteroatoms. The van der Waals surface area contributed by atoms with Crippen LogP contribution in [0.4, 0.5) is 0 Å². The second-order valence-corrected chi connectivity index (χ2v) is 5.74. The minimum absolute atomic E-state index is 0.169. The van der Waals surface area contributed by atoms with Crippen LogP contribution in [0.2, 0.25) is 0 Å². The van der Waals surface area contributed by atoms with Crippen molar-refractivity contribution in [3.05, 3.63) is 72.1 Å². The van der Waals surface area contributed by atoms with E-state index in [1.807, 2.05) is 47.4 Å². The predicted octanol–water partition coefficient (Wildman–Crippen LogP) is 2.86. The third-order valence-electron chi connectivity index (χ3n) is 3.97. The maximum absolute atomic E-state index is 12.4. The molecule has 134 valence electrons. The maximum atomic E-state index is 12.4. The number of hydrogen-bond acceptors (Lipinski definition) is 4. The van der Waals surface area contributed by atoms with Crippen molar-refractivity contribution in [1.82, 2.24) is 15.1 Å². The lowest BCUT2D eigenvalue weighted by atomic mass is 10.1. The molecule has 1 heterocycles. The molecule has 26 heavy (non-hydrogen) atoms. The lowest BCUT2D eigenvalue weighted by molar-refractivity contribution is 0.0953. The first-order valence-electron chi connectivity index (χ1n) is 8.30. The van der Waals surface area contributed by atoms with Crippen LogP contribution in [0.1, 0.15) is 15.9 Å². The quantitative estimate of drug-likeness (QED) is 0.711. The van der Waals surface area contributed by atoms with Gasteiger partial charge in [0, 0.05) is 24.4 Å². The molecular formula is C20H21N3O3. The molecule has 0 aliphatic heterocycles. The Kier molecular flexibility index (Phi) is 5.53. The van der Waals surface area contributed by atoms with Crippen molar-refractivity contribution >= 4 is 5.91 Å². The standard InChI is InChI=1S/C20H21N3O3/c1-25-18-10-16(11-19(12-18)26-2)20(24)21-9-8-15-13-22-23(14-15)17-6-4-3-5-7-17/h3-7,10-14H,8-9H2,1-2H3,(H,21,24). The second kappa shape index (κ2) is 8.20. The van der Waals surface area contributed by atoms with Crippen LogP contribution in [0.5, 0.6) is 11.5 Å². The van der Waals surface area contributed by atoms with Gasteiger partial charge in [0.25, 0.3) is 5.91 Å². The third kappa shape index (κ3) is 4.22. The summed E-state index contributed by atoms with van der Waals surface area (Å²) in [5.41, 5.74) is 2.56. The number of hydrogen-bond donors (Lipinski definition) is 1. The van der Waals surface area contributed by atoms with Crippen LogP contribution < -0.4 is 14.8 Å². The molecular weight excluding hydrogens is 330 g/mol. The van der Waals surface area contributed by atoms with Gasteiger partial charge in [0.2, 0.25) is 0 Å². The Morgan fingerprint density at radius 1 is 1.08 bits per heavy atom. The molecule has 0 saturated heterocycles. The van der Waals surface area contributed by atoms with Crippen molar-refractivity contribution in [3.8, 4) is 17.2 Å². The molecule has 1 N–H and O–H groups in total. The average molecular weight is 351 g/mol. The highest BCUT2D eigenvalue weighted by Crippen LogP contribution is 2.22. The van der Waals surface area contributed by atoms with E-state index >= 15 is 0 Å². The zero-order valence-electron chi connectivity index (χ0n) is 14.8. The van der Waals surface area contributed by atoms with Gasteiger partial charge in [-0.25, -0.2) is 4.68 Å². The molecule has 0 radical (unpaired) electrons. The summed E-state index contributed by atoms with van der Waals surface area (Å²) in [6.07, 6.45) is 4.48. The van der Waals surface area contributed by atoms with Gasteiger partial charge in [0.1, 0.15) is 11.5 Å². The number of benzene rings is 2. The van der Waals surface area contributed by atoms with E-state index in [0.29, 0.717) is 30.0 Å². The molecule has 0 spiro atoms. The summed E-state index contributed by atoms with van der Waals surface area (Å²) in [5.74, 6) is 0.995. The van der Waals surface area contributed by atoms with Crippen LogP contribution in [0, 0.1) is 0 Å². The Labute approximate surface area is 152 Å². The number of nitrogens with zero attached hydrogens (tertiary/aromatic N) is 2. The first-order valence-corrected chi connectivity index (χ1v) is 8.30. The van der Waals surface area contributed by atoms with Gasteiger partial charge in [-0.3, -0.25) is 4.79 Å². The highest BCUT2D eigenvalue weighted by Gasteiger charge is 2.10. The zero-order chi connectivity index (χ0) is 18.4. The van der Waals surface area contributed by atoms with Gasteiger partial charge in [-0.15, -0.1) is 0 Å². The molecule has 0 bridgehead atoms. The second-order valence-electron chi connectivity index (χ2n) is 5.74. The van der Waals surface area contributed by atoms with Crippen molar-refractivity contribution in [2.24, 2.45) is 0 Å². The molecule has 3 rings (SSSR count). The SMILES string of the molecule is COc1cc(OC)cc(C(=O)NCCc2cnn(-c3ccccc3)c2)c1. The van der Waals surface area contributed by atoms with Gasteiger partial charge in [0.15, 0.2) is 0 Å². The van der Waals surface area contributed by atoms with Crippen molar-refractivity contribution in [3.63, 3.8) is 0 Å². The van der Waals surface area contributed by atoms with E-state index in [9.17, 15) is 4.79 Å². The monoisotopic (exact) mass is 351 g/mol. The minimum Gasteiger partial charge on any atom is -0.497 e. The lowest BCUT2D eigenvalue weighted by Crippen LogP contribution is -2.25. The fraction of sp³-hybridized carbons (Fsp3) is 0.200. The van der Waals surface area contributed by atoms with Gasteiger partial charge in [-0.2, -0.15) is 5.10 Å². The first kappa shape index (κ1) is 17.5. The van der Waals surface area contributed by atoms with Crippen LogP contribution in [0.15, 0.2) is 60.9 Å². The van der Waals surface area contributed by atoms with Gasteiger partial charge >= 0.3 is 0 Å². The van der Waals surface area contributed by atoms with E-state index in [1.165, 1.54) is 0 Å². The molecule has 2 aromatic carbocycles. The molecule has 0 unspecified atom stereocenters. The van der Waals surface area contributed by atoms with Gasteiger partial charge in [-0.05, 0) is 36.2 Å². The van der Waals surface area contributed by atoms with Crippen LogP contribution >= 0.6 is 0 Å². The van der Waals surface area contributed by atoms with E-state index in [4.69, 9.17) is 9.47 Å². The zero-order valence-corrected chi connectivity index (χ0v) is 14.8. The van der Waals surface area contributed by atoms with Gasteiger partial charge < -0.3 is 14.8 Å². The smallest absolute Gasteiger partial charge is 0.251 e. The Balaban J connectivity index is 1.58. The molecule has 0 atom stereocenters. The molecule has 0 aliphatic carbocycles. The van der Waals surface area contributed by atoms with Crippen LogP contribution in [-0.2, 0) is 6.42 Å². The number of ether oxygens (including phenoxy) is 2.